The molecule has 2 aromatic carbocycles. The number of ether oxygens (including phenoxy) is 1. The molecule has 26 heavy (non-hydrogen) atoms. The van der Waals surface area contributed by atoms with E-state index in [1.165, 1.54) is 0 Å². The Kier molecular flexibility index (Phi) is 4.91. The zero-order valence-electron chi connectivity index (χ0n) is 12.8. The largest absolute Gasteiger partial charge is 0.478 e. The second kappa shape index (κ2) is 7.14. The average Bonchev–Trinajstić information content (AvgIpc) is 3.08. The Labute approximate surface area is 148 Å². The highest BCUT2D eigenvalue weighted by atomic mass is 32.1. The molecule has 0 fully saturated rings. The molecule has 2 nitrogen and oxygen atoms in total. The summed E-state index contributed by atoms with van der Waals surface area (Å²) < 4.78 is 72.1. The molecule has 1 aromatic heterocycles. The highest BCUT2D eigenvalue weighted by Gasteiger charge is 2.26. The lowest BCUT2D eigenvalue weighted by Gasteiger charge is -2.09. The van der Waals surface area contributed by atoms with Gasteiger partial charge in [0.05, 0.1) is 5.56 Å². The third-order valence-corrected chi connectivity index (χ3v) is 4.49. The molecule has 3 rings (SSSR count). The normalized spacial score (nSPS) is 10.6. The summed E-state index contributed by atoms with van der Waals surface area (Å²) in [5, 5.41) is 11.0. The molecule has 3 aromatic rings. The predicted octanol–water partition coefficient (Wildman–Crippen LogP) is 5.56. The zero-order chi connectivity index (χ0) is 18.8. The van der Waals surface area contributed by atoms with Gasteiger partial charge >= 0.3 is 0 Å². The molecule has 0 amide bonds. The number of thiophene rings is 1. The van der Waals surface area contributed by atoms with Crippen molar-refractivity contribution < 1.29 is 26.7 Å². The Hall–Kier alpha value is -2.92. The summed E-state index contributed by atoms with van der Waals surface area (Å²) in [4.78, 5) is 0. The van der Waals surface area contributed by atoms with E-state index < -0.39 is 41.3 Å². The van der Waals surface area contributed by atoms with Gasteiger partial charge in [0.1, 0.15) is 18.2 Å². The fourth-order valence-corrected chi connectivity index (χ4v) is 3.18. The van der Waals surface area contributed by atoms with Crippen LogP contribution in [-0.4, -0.2) is 0 Å². The smallest absolute Gasteiger partial charge is 0.200 e. The van der Waals surface area contributed by atoms with Gasteiger partial charge in [-0.2, -0.15) is 5.26 Å². The summed E-state index contributed by atoms with van der Waals surface area (Å²) in [5.41, 5.74) is 0.293. The Morgan fingerprint density at radius 3 is 2.04 bits per heavy atom. The van der Waals surface area contributed by atoms with Crippen LogP contribution in [0.3, 0.4) is 0 Å². The van der Waals surface area contributed by atoms with Crippen molar-refractivity contribution in [2.24, 2.45) is 0 Å². The van der Waals surface area contributed by atoms with Crippen molar-refractivity contribution in [2.75, 3.05) is 0 Å². The molecule has 0 N–H and O–H groups in total. The van der Waals surface area contributed by atoms with E-state index in [0.717, 1.165) is 16.9 Å². The van der Waals surface area contributed by atoms with Crippen molar-refractivity contribution >= 4 is 11.3 Å². The van der Waals surface area contributed by atoms with Gasteiger partial charge in [-0.1, -0.05) is 30.3 Å². The second-order valence-corrected chi connectivity index (χ2v) is 5.97. The number of nitriles is 1. The van der Waals surface area contributed by atoms with Gasteiger partial charge in [-0.3, -0.25) is 0 Å². The maximum atomic E-state index is 13.7. The number of hydrogen-bond acceptors (Lipinski definition) is 3. The van der Waals surface area contributed by atoms with E-state index in [0.29, 0.717) is 5.56 Å². The summed E-state index contributed by atoms with van der Waals surface area (Å²) in [7, 11) is 0. The van der Waals surface area contributed by atoms with E-state index in [2.05, 4.69) is 0 Å². The minimum absolute atomic E-state index is 0.0234. The molecule has 8 heteroatoms. The van der Waals surface area contributed by atoms with Crippen LogP contribution in [0.4, 0.5) is 22.0 Å². The van der Waals surface area contributed by atoms with E-state index in [1.54, 1.807) is 35.7 Å². The number of halogens is 5. The molecule has 132 valence electrons. The van der Waals surface area contributed by atoms with E-state index in [4.69, 9.17) is 4.74 Å². The first kappa shape index (κ1) is 17.9. The van der Waals surface area contributed by atoms with Crippen molar-refractivity contribution in [1.29, 1.82) is 5.26 Å². The van der Waals surface area contributed by atoms with Crippen LogP contribution in [0.2, 0.25) is 0 Å². The fraction of sp³-hybridized carbons (Fsp3) is 0.0556. The van der Waals surface area contributed by atoms with Crippen LogP contribution in [0.5, 0.6) is 5.06 Å². The molecule has 0 saturated carbocycles. The quantitative estimate of drug-likeness (QED) is 0.337. The lowest BCUT2D eigenvalue weighted by Crippen LogP contribution is -2.09. The standard InChI is InChI=1S/C18H8F5NOS/c19-13-11(14(20)16(22)17(23)15(13)21)7-25-18-10(6-24)12(8-26-18)9-4-2-1-3-5-9/h1-5,8H,7H2. The molecule has 0 aliphatic rings. The maximum Gasteiger partial charge on any atom is 0.200 e. The molecule has 0 radical (unpaired) electrons. The number of hydrogen-bond donors (Lipinski definition) is 0. The first-order valence-electron chi connectivity index (χ1n) is 7.15. The highest BCUT2D eigenvalue weighted by Crippen LogP contribution is 2.37. The highest BCUT2D eigenvalue weighted by molar-refractivity contribution is 7.12. The van der Waals surface area contributed by atoms with Gasteiger partial charge in [0.25, 0.3) is 0 Å². The molecule has 0 atom stereocenters. The Bertz CT molecular complexity index is 982. The van der Waals surface area contributed by atoms with Crippen molar-refractivity contribution in [2.45, 2.75) is 6.61 Å². The Morgan fingerprint density at radius 1 is 0.885 bits per heavy atom. The van der Waals surface area contributed by atoms with Gasteiger partial charge in [0.15, 0.2) is 28.3 Å². The summed E-state index contributed by atoms with van der Waals surface area (Å²) >= 11 is 0.987. The minimum Gasteiger partial charge on any atom is -0.478 e. The second-order valence-electron chi connectivity index (χ2n) is 5.13. The third kappa shape index (κ3) is 3.02. The maximum absolute atomic E-state index is 13.7. The molecule has 0 aliphatic carbocycles. The van der Waals surface area contributed by atoms with Gasteiger partial charge in [-0.15, -0.1) is 11.3 Å². The van der Waals surface area contributed by atoms with Crippen molar-refractivity contribution in [3.63, 3.8) is 0 Å². The number of benzene rings is 2. The first-order chi connectivity index (χ1) is 12.5. The van der Waals surface area contributed by atoms with Gasteiger partial charge in [0.2, 0.25) is 5.82 Å². The third-order valence-electron chi connectivity index (χ3n) is 3.60. The van der Waals surface area contributed by atoms with Crippen molar-refractivity contribution in [1.82, 2.24) is 0 Å². The Balaban J connectivity index is 1.93. The molecular weight excluding hydrogens is 373 g/mol. The molecule has 0 unspecified atom stereocenters. The van der Waals surface area contributed by atoms with Crippen LogP contribution >= 0.6 is 11.3 Å². The molecule has 0 saturated heterocycles. The predicted molar refractivity (Wildman–Crippen MR) is 85.0 cm³/mol. The first-order valence-corrected chi connectivity index (χ1v) is 8.03. The lowest BCUT2D eigenvalue weighted by molar-refractivity contribution is 0.285. The zero-order valence-corrected chi connectivity index (χ0v) is 13.6. The van der Waals surface area contributed by atoms with E-state index in [9.17, 15) is 27.2 Å². The molecular formula is C18H8F5NOS. The van der Waals surface area contributed by atoms with Crippen LogP contribution in [0.1, 0.15) is 11.1 Å². The summed E-state index contributed by atoms with van der Waals surface area (Å²) in [6.07, 6.45) is 0. The van der Waals surface area contributed by atoms with Crippen LogP contribution in [0.15, 0.2) is 35.7 Å². The minimum atomic E-state index is -2.23. The average molecular weight is 381 g/mol. The summed E-state index contributed by atoms with van der Waals surface area (Å²) in [6, 6.07) is 10.8. The van der Waals surface area contributed by atoms with E-state index >= 15 is 0 Å². The number of rotatable bonds is 4. The van der Waals surface area contributed by atoms with Gasteiger partial charge in [0, 0.05) is 10.9 Å². The van der Waals surface area contributed by atoms with Crippen LogP contribution < -0.4 is 4.74 Å². The SMILES string of the molecule is N#Cc1c(-c2ccccc2)csc1OCc1c(F)c(F)c(F)c(F)c1F. The van der Waals surface area contributed by atoms with Crippen LogP contribution in [0.25, 0.3) is 11.1 Å². The Morgan fingerprint density at radius 2 is 1.46 bits per heavy atom. The monoisotopic (exact) mass is 381 g/mol. The van der Waals surface area contributed by atoms with Crippen LogP contribution in [0, 0.1) is 40.4 Å². The summed E-state index contributed by atoms with van der Waals surface area (Å²) in [6.45, 7) is -0.908. The lowest BCUT2D eigenvalue weighted by atomic mass is 10.1. The van der Waals surface area contributed by atoms with Gasteiger partial charge < -0.3 is 4.74 Å². The van der Waals surface area contributed by atoms with Crippen LogP contribution in [-0.2, 0) is 6.61 Å². The molecule has 1 heterocycles. The summed E-state index contributed by atoms with van der Waals surface area (Å²) in [5.74, 6) is -10.2. The van der Waals surface area contributed by atoms with Crippen molar-refractivity contribution in [3.8, 4) is 22.3 Å². The molecule has 0 bridgehead atoms. The molecule has 0 aliphatic heterocycles. The number of nitrogens with zero attached hydrogens (tertiary/aromatic N) is 1. The van der Waals surface area contributed by atoms with E-state index in [-0.39, 0.29) is 10.6 Å². The topological polar surface area (TPSA) is 33.0 Å². The van der Waals surface area contributed by atoms with Crippen molar-refractivity contribution in [3.05, 3.63) is 75.9 Å². The molecule has 0 spiro atoms. The fourth-order valence-electron chi connectivity index (χ4n) is 2.30. The van der Waals surface area contributed by atoms with Gasteiger partial charge in [-0.25, -0.2) is 22.0 Å². The van der Waals surface area contributed by atoms with E-state index in [1.807, 2.05) is 6.07 Å². The van der Waals surface area contributed by atoms with Gasteiger partial charge in [-0.05, 0) is 5.56 Å².